The summed E-state index contributed by atoms with van der Waals surface area (Å²) in [5.41, 5.74) is 0.578. The molecule has 0 spiro atoms. The molecule has 0 aliphatic carbocycles. The molecule has 2 heterocycles. The van der Waals surface area contributed by atoms with E-state index in [2.05, 4.69) is 20.8 Å². The van der Waals surface area contributed by atoms with Gasteiger partial charge in [-0.15, -0.1) is 0 Å². The van der Waals surface area contributed by atoms with Gasteiger partial charge in [-0.1, -0.05) is 38.1 Å². The molecule has 2 N–H and O–H groups in total. The maximum absolute atomic E-state index is 14.7. The monoisotopic (exact) mass is 411 g/mol. The molecule has 0 aliphatic rings. The van der Waals surface area contributed by atoms with E-state index >= 15 is 0 Å². The molecule has 30 heavy (non-hydrogen) atoms. The maximum atomic E-state index is 14.7. The van der Waals surface area contributed by atoms with Gasteiger partial charge in [-0.25, -0.2) is 18.6 Å². The van der Waals surface area contributed by atoms with Crippen molar-refractivity contribution in [3.8, 4) is 5.69 Å². The molecule has 0 fully saturated rings. The van der Waals surface area contributed by atoms with E-state index in [0.717, 1.165) is 12.1 Å². The van der Waals surface area contributed by atoms with E-state index < -0.39 is 17.7 Å². The molecule has 2 aromatic carbocycles. The third-order valence-corrected chi connectivity index (χ3v) is 4.46. The van der Waals surface area contributed by atoms with Crippen LogP contribution >= 0.6 is 0 Å². The quantitative estimate of drug-likeness (QED) is 0.483. The zero-order chi connectivity index (χ0) is 21.5. The minimum Gasteiger partial charge on any atom is -0.359 e. The molecule has 0 aliphatic heterocycles. The highest BCUT2D eigenvalue weighted by molar-refractivity contribution is 5.99. The molecular formula is C21H19F2N5O2. The SMILES string of the molecule is CC(C)(C)c1cc(NC(=O)Nc2cc(F)c(-n3cnc4ccccc43)c(F)c2)no1. The number of aromatic nitrogens is 3. The Morgan fingerprint density at radius 1 is 1.07 bits per heavy atom. The predicted molar refractivity (Wildman–Crippen MR) is 109 cm³/mol. The van der Waals surface area contributed by atoms with Gasteiger partial charge in [-0.3, -0.25) is 9.88 Å². The minimum absolute atomic E-state index is 0.0461. The Bertz CT molecular complexity index is 1220. The number of carbonyl (C=O) groups excluding carboxylic acids is 1. The Labute approximate surface area is 170 Å². The fourth-order valence-corrected chi connectivity index (χ4v) is 2.97. The van der Waals surface area contributed by atoms with Crippen LogP contribution < -0.4 is 10.6 Å². The van der Waals surface area contributed by atoms with Crippen LogP contribution in [0.15, 0.2) is 53.3 Å². The molecule has 0 atom stereocenters. The van der Waals surface area contributed by atoms with Crippen LogP contribution in [-0.4, -0.2) is 20.7 Å². The summed E-state index contributed by atoms with van der Waals surface area (Å²) >= 11 is 0. The molecule has 0 radical (unpaired) electrons. The number of para-hydroxylation sites is 2. The molecule has 0 saturated carbocycles. The van der Waals surface area contributed by atoms with Crippen LogP contribution in [0.1, 0.15) is 26.5 Å². The van der Waals surface area contributed by atoms with Gasteiger partial charge in [0.25, 0.3) is 0 Å². The summed E-state index contributed by atoms with van der Waals surface area (Å²) in [4.78, 5) is 16.3. The van der Waals surface area contributed by atoms with E-state index in [0.29, 0.717) is 16.8 Å². The molecule has 2 amide bonds. The van der Waals surface area contributed by atoms with Crippen molar-refractivity contribution in [1.82, 2.24) is 14.7 Å². The predicted octanol–water partition coefficient (Wildman–Crippen LogP) is 5.23. The Morgan fingerprint density at radius 3 is 2.43 bits per heavy atom. The highest BCUT2D eigenvalue weighted by Gasteiger charge is 2.21. The van der Waals surface area contributed by atoms with E-state index in [9.17, 15) is 13.6 Å². The van der Waals surface area contributed by atoms with Gasteiger partial charge in [0.05, 0.1) is 11.0 Å². The van der Waals surface area contributed by atoms with Gasteiger partial charge < -0.3 is 9.84 Å². The zero-order valence-corrected chi connectivity index (χ0v) is 16.5. The number of carbonyl (C=O) groups is 1. The number of imidazole rings is 1. The lowest BCUT2D eigenvalue weighted by Gasteiger charge is -2.12. The molecular weight excluding hydrogens is 392 g/mol. The Morgan fingerprint density at radius 2 is 1.77 bits per heavy atom. The number of fused-ring (bicyclic) bond motifs is 1. The average molecular weight is 411 g/mol. The third kappa shape index (κ3) is 3.73. The topological polar surface area (TPSA) is 85.0 Å². The first-order chi connectivity index (χ1) is 14.2. The molecule has 7 nitrogen and oxygen atoms in total. The number of amides is 2. The van der Waals surface area contributed by atoms with Crippen molar-refractivity contribution in [3.63, 3.8) is 0 Å². The van der Waals surface area contributed by atoms with Crippen molar-refractivity contribution in [2.24, 2.45) is 0 Å². The molecule has 154 valence electrons. The van der Waals surface area contributed by atoms with Gasteiger partial charge in [-0.2, -0.15) is 0 Å². The summed E-state index contributed by atoms with van der Waals surface area (Å²) in [5, 5.41) is 8.64. The third-order valence-electron chi connectivity index (χ3n) is 4.46. The number of hydrogen-bond donors (Lipinski definition) is 2. The van der Waals surface area contributed by atoms with Gasteiger partial charge in [0.1, 0.15) is 17.8 Å². The van der Waals surface area contributed by atoms with Gasteiger partial charge in [-0.05, 0) is 24.3 Å². The Hall–Kier alpha value is -3.75. The largest absolute Gasteiger partial charge is 0.359 e. The zero-order valence-electron chi connectivity index (χ0n) is 16.5. The van der Waals surface area contributed by atoms with Gasteiger partial charge in [0, 0.05) is 17.2 Å². The van der Waals surface area contributed by atoms with Crippen LogP contribution in [-0.2, 0) is 5.41 Å². The number of rotatable bonds is 3. The first-order valence-electron chi connectivity index (χ1n) is 9.19. The number of benzene rings is 2. The number of urea groups is 1. The fourth-order valence-electron chi connectivity index (χ4n) is 2.97. The van der Waals surface area contributed by atoms with Crippen LogP contribution in [0, 0.1) is 11.6 Å². The summed E-state index contributed by atoms with van der Waals surface area (Å²) < 4.78 is 36.0. The highest BCUT2D eigenvalue weighted by Crippen LogP contribution is 2.27. The number of nitrogens with one attached hydrogen (secondary N) is 2. The first-order valence-corrected chi connectivity index (χ1v) is 9.19. The molecule has 0 unspecified atom stereocenters. The lowest BCUT2D eigenvalue weighted by Crippen LogP contribution is -2.20. The van der Waals surface area contributed by atoms with E-state index in [-0.39, 0.29) is 22.6 Å². The Kier molecular flexibility index (Phi) is 4.73. The van der Waals surface area contributed by atoms with Crippen molar-refractivity contribution in [2.45, 2.75) is 26.2 Å². The van der Waals surface area contributed by atoms with E-state index in [1.807, 2.05) is 20.8 Å². The molecule has 9 heteroatoms. The number of halogens is 2. The number of nitrogens with zero attached hydrogens (tertiary/aromatic N) is 3. The van der Waals surface area contributed by atoms with E-state index in [1.165, 1.54) is 10.9 Å². The average Bonchev–Trinajstić information content (AvgIpc) is 3.28. The van der Waals surface area contributed by atoms with Crippen molar-refractivity contribution in [3.05, 3.63) is 66.2 Å². The molecule has 4 aromatic rings. The van der Waals surface area contributed by atoms with Crippen LogP contribution in [0.3, 0.4) is 0 Å². The summed E-state index contributed by atoms with van der Waals surface area (Å²) in [7, 11) is 0. The fraction of sp³-hybridized carbons (Fsp3) is 0.190. The van der Waals surface area contributed by atoms with Crippen molar-refractivity contribution >= 4 is 28.6 Å². The smallest absolute Gasteiger partial charge is 0.324 e. The molecule has 4 rings (SSSR count). The summed E-state index contributed by atoms with van der Waals surface area (Å²) in [5.74, 6) is -0.901. The van der Waals surface area contributed by atoms with Crippen LogP contribution in [0.25, 0.3) is 16.7 Å². The Balaban J connectivity index is 1.55. The van der Waals surface area contributed by atoms with Crippen LogP contribution in [0.4, 0.5) is 25.1 Å². The maximum Gasteiger partial charge on any atom is 0.324 e. The summed E-state index contributed by atoms with van der Waals surface area (Å²) in [6.45, 7) is 5.82. The van der Waals surface area contributed by atoms with Crippen LogP contribution in [0.5, 0.6) is 0 Å². The van der Waals surface area contributed by atoms with Crippen molar-refractivity contribution in [1.29, 1.82) is 0 Å². The van der Waals surface area contributed by atoms with Crippen LogP contribution in [0.2, 0.25) is 0 Å². The second-order valence-corrected chi connectivity index (χ2v) is 7.80. The molecule has 0 bridgehead atoms. The highest BCUT2D eigenvalue weighted by atomic mass is 19.1. The first kappa shape index (κ1) is 19.6. The second kappa shape index (κ2) is 7.25. The van der Waals surface area contributed by atoms with E-state index in [4.69, 9.17) is 4.52 Å². The van der Waals surface area contributed by atoms with Gasteiger partial charge >= 0.3 is 6.03 Å². The number of hydrogen-bond acceptors (Lipinski definition) is 4. The number of anilines is 2. The van der Waals surface area contributed by atoms with E-state index in [1.54, 1.807) is 30.3 Å². The lowest BCUT2D eigenvalue weighted by molar-refractivity contribution is 0.262. The minimum atomic E-state index is -0.843. The van der Waals surface area contributed by atoms with Gasteiger partial charge in [0.2, 0.25) is 0 Å². The molecule has 2 aromatic heterocycles. The standard InChI is InChI=1S/C21H19F2N5O2/c1-21(2,3)17-10-18(27-30-17)26-20(29)25-12-8-13(22)19(14(23)9-12)28-11-24-15-6-4-5-7-16(15)28/h4-11H,1-3H3,(H2,25,26,27,29). The summed E-state index contributed by atoms with van der Waals surface area (Å²) in [6.07, 6.45) is 1.35. The lowest BCUT2D eigenvalue weighted by atomic mass is 9.93. The van der Waals surface area contributed by atoms with Crippen molar-refractivity contribution in [2.75, 3.05) is 10.6 Å². The normalized spacial score (nSPS) is 11.6. The molecule has 0 saturated heterocycles. The van der Waals surface area contributed by atoms with Gasteiger partial charge in [0.15, 0.2) is 17.5 Å². The van der Waals surface area contributed by atoms with Crippen molar-refractivity contribution < 1.29 is 18.1 Å². The summed E-state index contributed by atoms with van der Waals surface area (Å²) in [6, 6.07) is 9.97. The second-order valence-electron chi connectivity index (χ2n) is 7.80.